The number of carboxylic acid groups (broad SMARTS) is 1. The Morgan fingerprint density at radius 1 is 1.42 bits per heavy atom. The van der Waals surface area contributed by atoms with Crippen molar-refractivity contribution in [2.75, 3.05) is 0 Å². The highest BCUT2D eigenvalue weighted by Crippen LogP contribution is 2.39. The summed E-state index contributed by atoms with van der Waals surface area (Å²) >= 11 is 0. The number of unbranched alkanes of at least 4 members (excludes halogenated alkanes) is 2. The molecule has 0 radical (unpaired) electrons. The molecule has 0 aromatic heterocycles. The number of phosphoric ester groups is 1. The third kappa shape index (κ3) is 17.3. The number of phosphoric acid groups is 1. The van der Waals surface area contributed by atoms with Gasteiger partial charge in [-0.15, -0.1) is 0 Å². The minimum Gasteiger partial charge on any atom is -0.478 e. The second kappa shape index (κ2) is 11.1. The zero-order chi connectivity index (χ0) is 15.5. The van der Waals surface area contributed by atoms with Crippen molar-refractivity contribution in [2.45, 2.75) is 51.7 Å². The van der Waals surface area contributed by atoms with Crippen molar-refractivity contribution in [1.82, 2.24) is 0 Å². The summed E-state index contributed by atoms with van der Waals surface area (Å²) in [4.78, 5) is 26.4. The predicted molar refractivity (Wildman–Crippen MR) is 70.6 cm³/mol. The van der Waals surface area contributed by atoms with Gasteiger partial charge in [0.05, 0.1) is 12.2 Å². The van der Waals surface area contributed by atoms with Gasteiger partial charge in [0.25, 0.3) is 0 Å². The fourth-order valence-electron chi connectivity index (χ4n) is 1.15. The summed E-state index contributed by atoms with van der Waals surface area (Å²) in [6.45, 7) is 6.45. The summed E-state index contributed by atoms with van der Waals surface area (Å²) in [6.07, 6.45) is 2.45. The lowest BCUT2D eigenvalue weighted by Gasteiger charge is -2.20. The molecule has 0 aromatic carbocycles. The normalized spacial score (nSPS) is 13.9. The summed E-state index contributed by atoms with van der Waals surface area (Å²) in [7, 11) is -4.48. The van der Waals surface area contributed by atoms with Gasteiger partial charge in [0.15, 0.2) is 0 Å². The van der Waals surface area contributed by atoms with Crippen molar-refractivity contribution in [1.29, 1.82) is 0 Å². The zero-order valence-corrected chi connectivity index (χ0v) is 12.1. The van der Waals surface area contributed by atoms with Crippen LogP contribution in [0.4, 0.5) is 0 Å². The Balaban J connectivity index is 0. The molecule has 2 unspecified atom stereocenters. The molecule has 0 saturated carbocycles. The number of hydrogen-bond donors (Lipinski definition) is 4. The maximum atomic E-state index is 10.5. The molecular weight excluding hydrogens is 275 g/mol. The van der Waals surface area contributed by atoms with Crippen LogP contribution in [0.3, 0.4) is 0 Å². The third-order valence-electron chi connectivity index (χ3n) is 2.08. The fourth-order valence-corrected chi connectivity index (χ4v) is 1.79. The maximum absolute atomic E-state index is 10.5. The number of carbonyl (C=O) groups is 1. The molecule has 8 heteroatoms. The Hall–Kier alpha value is -0.720. The minimum atomic E-state index is -4.48. The molecule has 0 aliphatic rings. The van der Waals surface area contributed by atoms with Crippen LogP contribution < -0.4 is 0 Å². The summed E-state index contributed by atoms with van der Waals surface area (Å²) in [5.41, 5.74) is 0. The maximum Gasteiger partial charge on any atom is 0.469 e. The summed E-state index contributed by atoms with van der Waals surface area (Å²) in [5, 5.41) is 16.8. The number of carboxylic acids is 1. The van der Waals surface area contributed by atoms with E-state index in [9.17, 15) is 14.5 Å². The van der Waals surface area contributed by atoms with E-state index in [1.807, 2.05) is 6.92 Å². The summed E-state index contributed by atoms with van der Waals surface area (Å²) < 4.78 is 15.0. The molecule has 0 bridgehead atoms. The van der Waals surface area contributed by atoms with Crippen LogP contribution >= 0.6 is 7.82 Å². The monoisotopic (exact) mass is 298 g/mol. The molecule has 0 heterocycles. The lowest BCUT2D eigenvalue weighted by atomic mass is 10.1. The lowest BCUT2D eigenvalue weighted by molar-refractivity contribution is -0.131. The first-order valence-corrected chi connectivity index (χ1v) is 7.44. The molecule has 0 aliphatic heterocycles. The molecule has 0 rings (SSSR count). The standard InChI is InChI=1S/C8H19O5P.C3H4O2/c1-3-4-5-6-8(7(2)9)13-14(10,11)12;1-2-3(4)5/h7-9H,3-6H2,1-2H3,(H2,10,11,12);2H,1H2,(H,4,5). The van der Waals surface area contributed by atoms with E-state index in [2.05, 4.69) is 11.1 Å². The number of aliphatic hydroxyl groups is 1. The van der Waals surface area contributed by atoms with Crippen LogP contribution in [0.25, 0.3) is 0 Å². The Morgan fingerprint density at radius 2 is 1.89 bits per heavy atom. The first-order valence-electron chi connectivity index (χ1n) is 5.91. The number of aliphatic carboxylic acids is 1. The SMILES string of the molecule is C=CC(=O)O.CCCCCC(OP(=O)(O)O)C(C)O. The van der Waals surface area contributed by atoms with Gasteiger partial charge in [-0.3, -0.25) is 4.52 Å². The number of aliphatic hydroxyl groups excluding tert-OH is 1. The van der Waals surface area contributed by atoms with Crippen molar-refractivity contribution in [3.63, 3.8) is 0 Å². The molecule has 0 aliphatic carbocycles. The average Bonchev–Trinajstić information content (AvgIpc) is 2.27. The first-order chi connectivity index (χ1) is 8.64. The van der Waals surface area contributed by atoms with Crippen LogP contribution in [-0.4, -0.2) is 38.2 Å². The first kappa shape index (κ1) is 20.6. The Labute approximate surface area is 113 Å². The van der Waals surface area contributed by atoms with Crippen LogP contribution in [0.1, 0.15) is 39.5 Å². The molecule has 0 aromatic rings. The van der Waals surface area contributed by atoms with E-state index in [1.54, 1.807) is 0 Å². The summed E-state index contributed by atoms with van der Waals surface area (Å²) in [5.74, 6) is -0.981. The minimum absolute atomic E-state index is 0.469. The average molecular weight is 298 g/mol. The fraction of sp³-hybridized carbons (Fsp3) is 0.727. The molecule has 7 nitrogen and oxygen atoms in total. The molecule has 4 N–H and O–H groups in total. The van der Waals surface area contributed by atoms with Crippen LogP contribution in [0.15, 0.2) is 12.7 Å². The molecular formula is C11H23O7P. The highest BCUT2D eigenvalue weighted by atomic mass is 31.2. The Morgan fingerprint density at radius 3 is 2.16 bits per heavy atom. The van der Waals surface area contributed by atoms with E-state index in [-0.39, 0.29) is 0 Å². The Bertz CT molecular complexity index is 297. The molecule has 2 atom stereocenters. The van der Waals surface area contributed by atoms with E-state index < -0.39 is 26.0 Å². The lowest BCUT2D eigenvalue weighted by Crippen LogP contribution is -2.25. The molecule has 0 fully saturated rings. The van der Waals surface area contributed by atoms with Crippen LogP contribution in [0.2, 0.25) is 0 Å². The number of rotatable bonds is 8. The van der Waals surface area contributed by atoms with Crippen LogP contribution in [0, 0.1) is 0 Å². The topological polar surface area (TPSA) is 124 Å². The van der Waals surface area contributed by atoms with Crippen LogP contribution in [0.5, 0.6) is 0 Å². The summed E-state index contributed by atoms with van der Waals surface area (Å²) in [6, 6.07) is 0. The van der Waals surface area contributed by atoms with Crippen molar-refractivity contribution >= 4 is 13.8 Å². The number of hydrogen-bond acceptors (Lipinski definition) is 4. The predicted octanol–water partition coefficient (Wildman–Crippen LogP) is 1.68. The van der Waals surface area contributed by atoms with Crippen molar-refractivity contribution < 1.29 is 33.9 Å². The third-order valence-corrected chi connectivity index (χ3v) is 2.62. The van der Waals surface area contributed by atoms with E-state index in [0.29, 0.717) is 6.42 Å². The smallest absolute Gasteiger partial charge is 0.469 e. The van der Waals surface area contributed by atoms with Crippen molar-refractivity contribution in [3.8, 4) is 0 Å². The second-order valence-electron chi connectivity index (χ2n) is 3.91. The van der Waals surface area contributed by atoms with Gasteiger partial charge in [-0.05, 0) is 13.3 Å². The van der Waals surface area contributed by atoms with Gasteiger partial charge in [0.2, 0.25) is 0 Å². The molecule has 19 heavy (non-hydrogen) atoms. The van der Waals surface area contributed by atoms with Gasteiger partial charge in [-0.25, -0.2) is 9.36 Å². The van der Waals surface area contributed by atoms with Gasteiger partial charge in [0, 0.05) is 6.08 Å². The molecule has 0 saturated heterocycles. The highest BCUT2D eigenvalue weighted by molar-refractivity contribution is 7.46. The van der Waals surface area contributed by atoms with Gasteiger partial charge in [0.1, 0.15) is 0 Å². The Kier molecular flexibility index (Phi) is 12.1. The van der Waals surface area contributed by atoms with Gasteiger partial charge < -0.3 is 20.0 Å². The largest absolute Gasteiger partial charge is 0.478 e. The molecule has 114 valence electrons. The van der Waals surface area contributed by atoms with E-state index in [0.717, 1.165) is 25.3 Å². The quantitative estimate of drug-likeness (QED) is 0.305. The van der Waals surface area contributed by atoms with Crippen LogP contribution in [-0.2, 0) is 13.9 Å². The van der Waals surface area contributed by atoms with Crippen molar-refractivity contribution in [2.24, 2.45) is 0 Å². The zero-order valence-electron chi connectivity index (χ0n) is 11.2. The highest BCUT2D eigenvalue weighted by Gasteiger charge is 2.25. The van der Waals surface area contributed by atoms with E-state index in [4.69, 9.17) is 14.9 Å². The van der Waals surface area contributed by atoms with Gasteiger partial charge >= 0.3 is 13.8 Å². The van der Waals surface area contributed by atoms with Gasteiger partial charge in [-0.1, -0.05) is 32.8 Å². The second-order valence-corrected chi connectivity index (χ2v) is 5.11. The van der Waals surface area contributed by atoms with Gasteiger partial charge in [-0.2, -0.15) is 0 Å². The molecule has 0 amide bonds. The van der Waals surface area contributed by atoms with Crippen molar-refractivity contribution in [3.05, 3.63) is 12.7 Å². The van der Waals surface area contributed by atoms with E-state index in [1.165, 1.54) is 6.92 Å². The molecule has 0 spiro atoms. The van der Waals surface area contributed by atoms with E-state index >= 15 is 0 Å².